The second-order valence-corrected chi connectivity index (χ2v) is 11.0. The van der Waals surface area contributed by atoms with Gasteiger partial charge in [-0.3, -0.25) is 9.48 Å². The minimum atomic E-state index is 0.327. The molecule has 0 saturated carbocycles. The van der Waals surface area contributed by atoms with Crippen molar-refractivity contribution < 1.29 is 9.68 Å². The largest absolute Gasteiger partial charge is 0.396 e. The number of aliphatic hydroxyl groups is 1. The Morgan fingerprint density at radius 3 is 1.82 bits per heavy atom. The standard InChI is InChI=1S/C30H59N2O/c1-2-3-4-5-6-7-8-9-10-11-12-13-14-15-16-17-22-29-23-18-19-24-31-25-20-26-32(30(29)31)27-21-28-33/h29,33H,2-28H2,1H3/q+1. The lowest BCUT2D eigenvalue weighted by Gasteiger charge is -2.30. The van der Waals surface area contributed by atoms with Crippen molar-refractivity contribution in [2.75, 3.05) is 32.8 Å². The first-order valence-electron chi connectivity index (χ1n) is 15.3. The fourth-order valence-electron chi connectivity index (χ4n) is 6.15. The van der Waals surface area contributed by atoms with Gasteiger partial charge in [-0.25, -0.2) is 0 Å². The van der Waals surface area contributed by atoms with Crippen molar-refractivity contribution in [1.29, 1.82) is 0 Å². The normalized spacial score (nSPS) is 19.1. The van der Waals surface area contributed by atoms with E-state index in [1.54, 1.807) is 5.84 Å². The molecule has 0 aromatic heterocycles. The quantitative estimate of drug-likeness (QED) is 0.146. The summed E-state index contributed by atoms with van der Waals surface area (Å²) in [6.45, 7) is 7.42. The molecule has 2 aliphatic rings. The van der Waals surface area contributed by atoms with Crippen LogP contribution in [0.4, 0.5) is 0 Å². The molecule has 0 amide bonds. The predicted octanol–water partition coefficient (Wildman–Crippen LogP) is 7.94. The van der Waals surface area contributed by atoms with Crippen LogP contribution in [-0.4, -0.2) is 53.2 Å². The molecule has 0 spiro atoms. The van der Waals surface area contributed by atoms with Crippen molar-refractivity contribution in [3.05, 3.63) is 0 Å². The van der Waals surface area contributed by atoms with Gasteiger partial charge < -0.3 is 5.11 Å². The Labute approximate surface area is 207 Å². The second kappa shape index (κ2) is 19.7. The Morgan fingerprint density at radius 2 is 1.24 bits per heavy atom. The van der Waals surface area contributed by atoms with Crippen molar-refractivity contribution in [1.82, 2.24) is 4.90 Å². The first-order valence-corrected chi connectivity index (χ1v) is 15.3. The summed E-state index contributed by atoms with van der Waals surface area (Å²) in [4.78, 5) is 2.64. The van der Waals surface area contributed by atoms with E-state index in [4.69, 9.17) is 0 Å². The molecule has 0 aromatic rings. The zero-order chi connectivity index (χ0) is 23.4. The summed E-state index contributed by atoms with van der Waals surface area (Å²) in [5.74, 6) is 2.44. The first kappa shape index (κ1) is 28.7. The van der Waals surface area contributed by atoms with Crippen LogP contribution in [0.1, 0.15) is 148 Å². The third-order valence-electron chi connectivity index (χ3n) is 8.09. The van der Waals surface area contributed by atoms with E-state index < -0.39 is 0 Å². The van der Waals surface area contributed by atoms with Crippen molar-refractivity contribution in [2.24, 2.45) is 5.92 Å². The molecule has 2 heterocycles. The summed E-state index contributed by atoms with van der Waals surface area (Å²) >= 11 is 0. The molecule has 1 atom stereocenters. The Kier molecular flexibility index (Phi) is 17.1. The number of unbranched alkanes of at least 4 members (excludes halogenated alkanes) is 15. The summed E-state index contributed by atoms with van der Waals surface area (Å²) < 4.78 is 2.71. The SMILES string of the molecule is CCCCCCCCCCCCCCCCCCC1CCCC[N+]2=C1N(CCCO)CCC2. The monoisotopic (exact) mass is 463 g/mol. The second-order valence-electron chi connectivity index (χ2n) is 11.0. The molecule has 0 aromatic carbocycles. The van der Waals surface area contributed by atoms with E-state index in [1.165, 1.54) is 154 Å². The molecule has 1 unspecified atom stereocenters. The van der Waals surface area contributed by atoms with Gasteiger partial charge in [0.15, 0.2) is 0 Å². The number of nitrogens with zero attached hydrogens (tertiary/aromatic N) is 2. The van der Waals surface area contributed by atoms with Crippen LogP contribution in [0.2, 0.25) is 0 Å². The van der Waals surface area contributed by atoms with Crippen LogP contribution in [-0.2, 0) is 0 Å². The molecule has 0 fully saturated rings. The molecule has 2 aliphatic heterocycles. The van der Waals surface area contributed by atoms with Crippen molar-refractivity contribution in [2.45, 2.75) is 148 Å². The van der Waals surface area contributed by atoms with Gasteiger partial charge in [0, 0.05) is 19.4 Å². The van der Waals surface area contributed by atoms with Gasteiger partial charge in [0.05, 0.1) is 32.1 Å². The molecule has 0 bridgehead atoms. The van der Waals surface area contributed by atoms with Gasteiger partial charge in [-0.1, -0.05) is 110 Å². The van der Waals surface area contributed by atoms with Gasteiger partial charge in [0.2, 0.25) is 5.84 Å². The lowest BCUT2D eigenvalue weighted by atomic mass is 9.93. The minimum absolute atomic E-state index is 0.327. The maximum atomic E-state index is 9.32. The molecule has 0 aliphatic carbocycles. The highest BCUT2D eigenvalue weighted by atomic mass is 16.3. The van der Waals surface area contributed by atoms with E-state index in [1.807, 2.05) is 0 Å². The summed E-state index contributed by atoms with van der Waals surface area (Å²) in [6.07, 6.45) is 31.0. The topological polar surface area (TPSA) is 26.5 Å². The average molecular weight is 464 g/mol. The molecule has 194 valence electrons. The smallest absolute Gasteiger partial charge is 0.249 e. The molecule has 33 heavy (non-hydrogen) atoms. The number of amidine groups is 1. The van der Waals surface area contributed by atoms with Crippen LogP contribution in [0.15, 0.2) is 0 Å². The van der Waals surface area contributed by atoms with Crippen LogP contribution < -0.4 is 0 Å². The molecule has 0 saturated heterocycles. The Balaban J connectivity index is 1.48. The van der Waals surface area contributed by atoms with Crippen LogP contribution in [0.5, 0.6) is 0 Å². The molecular weight excluding hydrogens is 404 g/mol. The minimum Gasteiger partial charge on any atom is -0.396 e. The zero-order valence-electron chi connectivity index (χ0n) is 22.5. The van der Waals surface area contributed by atoms with E-state index in [2.05, 4.69) is 16.4 Å². The van der Waals surface area contributed by atoms with Crippen molar-refractivity contribution >= 4 is 5.84 Å². The maximum absolute atomic E-state index is 9.32. The summed E-state index contributed by atoms with van der Waals surface area (Å²) in [5, 5.41) is 9.32. The fraction of sp³-hybridized carbons (Fsp3) is 0.967. The van der Waals surface area contributed by atoms with Crippen LogP contribution in [0.25, 0.3) is 0 Å². The van der Waals surface area contributed by atoms with E-state index in [0.29, 0.717) is 6.61 Å². The zero-order valence-corrected chi connectivity index (χ0v) is 22.5. The first-order chi connectivity index (χ1) is 16.4. The molecule has 3 heteroatoms. The number of aliphatic hydroxyl groups excluding tert-OH is 1. The molecular formula is C30H59N2O+. The summed E-state index contributed by atoms with van der Waals surface area (Å²) in [6, 6.07) is 0. The Hall–Kier alpha value is -0.570. The molecule has 1 N–H and O–H groups in total. The van der Waals surface area contributed by atoms with E-state index in [9.17, 15) is 5.11 Å². The van der Waals surface area contributed by atoms with Gasteiger partial charge in [0.25, 0.3) is 0 Å². The highest BCUT2D eigenvalue weighted by Crippen LogP contribution is 2.26. The number of rotatable bonds is 20. The van der Waals surface area contributed by atoms with Crippen LogP contribution >= 0.6 is 0 Å². The van der Waals surface area contributed by atoms with Gasteiger partial charge in [-0.05, 0) is 25.7 Å². The number of hydrogen-bond acceptors (Lipinski definition) is 2. The van der Waals surface area contributed by atoms with E-state index in [-0.39, 0.29) is 0 Å². The van der Waals surface area contributed by atoms with Crippen molar-refractivity contribution in [3.63, 3.8) is 0 Å². The highest BCUT2D eigenvalue weighted by Gasteiger charge is 2.34. The van der Waals surface area contributed by atoms with Crippen LogP contribution in [0, 0.1) is 5.92 Å². The van der Waals surface area contributed by atoms with Gasteiger partial charge >= 0.3 is 0 Å². The third kappa shape index (κ3) is 12.6. The van der Waals surface area contributed by atoms with Gasteiger partial charge in [-0.2, -0.15) is 0 Å². The van der Waals surface area contributed by atoms with Gasteiger partial charge in [0.1, 0.15) is 0 Å². The van der Waals surface area contributed by atoms with Gasteiger partial charge in [-0.15, -0.1) is 0 Å². The molecule has 0 radical (unpaired) electrons. The maximum Gasteiger partial charge on any atom is 0.249 e. The fourth-order valence-corrected chi connectivity index (χ4v) is 6.15. The predicted molar refractivity (Wildman–Crippen MR) is 144 cm³/mol. The summed E-state index contributed by atoms with van der Waals surface area (Å²) in [5.41, 5.74) is 0. The summed E-state index contributed by atoms with van der Waals surface area (Å²) in [7, 11) is 0. The highest BCUT2D eigenvalue weighted by molar-refractivity contribution is 5.80. The number of hydrogen-bond donors (Lipinski definition) is 1. The molecule has 2 rings (SSSR count). The van der Waals surface area contributed by atoms with Crippen molar-refractivity contribution in [3.8, 4) is 0 Å². The lowest BCUT2D eigenvalue weighted by Crippen LogP contribution is -2.48. The average Bonchev–Trinajstić information content (AvgIpc) is 3.05. The lowest BCUT2D eigenvalue weighted by molar-refractivity contribution is -0.540. The third-order valence-corrected chi connectivity index (χ3v) is 8.09. The Bertz CT molecular complexity index is 490. The van der Waals surface area contributed by atoms with E-state index in [0.717, 1.165) is 18.9 Å². The Morgan fingerprint density at radius 1 is 0.697 bits per heavy atom. The van der Waals surface area contributed by atoms with Crippen LogP contribution in [0.3, 0.4) is 0 Å². The van der Waals surface area contributed by atoms with E-state index >= 15 is 0 Å². The molecule has 3 nitrogen and oxygen atoms in total.